The predicted molar refractivity (Wildman–Crippen MR) is 133 cm³/mol. The average molecular weight is 429 g/mol. The summed E-state index contributed by atoms with van der Waals surface area (Å²) in [7, 11) is 0. The highest BCUT2D eigenvalue weighted by atomic mass is 16.3. The second-order valence-electron chi connectivity index (χ2n) is 13.3. The van der Waals surface area contributed by atoms with Gasteiger partial charge in [-0.3, -0.25) is 0 Å². The van der Waals surface area contributed by atoms with Crippen molar-refractivity contribution in [2.24, 2.45) is 58.2 Å². The standard InChI is InChI=1S/C30H52O/c1-8-22(19(2)3)10-9-20(4)24-13-14-26-23-11-12-25-21(5)28(31)16-18-30(25,7)27(23)15-17-29(24,26)6/h11,19-22,24-28,31H,8-10,12-18H2,1-7H3/t20-,21?,22-,24-,25?,26+,27+,28?,29-,30+/m1/s1. The van der Waals surface area contributed by atoms with E-state index in [1.54, 1.807) is 0 Å². The Morgan fingerprint density at radius 1 is 0.968 bits per heavy atom. The zero-order valence-electron chi connectivity index (χ0n) is 21.8. The molecule has 4 aliphatic carbocycles. The zero-order valence-corrected chi connectivity index (χ0v) is 21.8. The van der Waals surface area contributed by atoms with E-state index >= 15 is 0 Å². The number of rotatable bonds is 6. The van der Waals surface area contributed by atoms with Gasteiger partial charge >= 0.3 is 0 Å². The fourth-order valence-electron chi connectivity index (χ4n) is 9.61. The summed E-state index contributed by atoms with van der Waals surface area (Å²) >= 11 is 0. The first kappa shape index (κ1) is 23.8. The maximum Gasteiger partial charge on any atom is 0.0568 e. The molecule has 4 rings (SSSR count). The molecule has 0 saturated heterocycles. The minimum Gasteiger partial charge on any atom is -0.393 e. The summed E-state index contributed by atoms with van der Waals surface area (Å²) in [6, 6.07) is 0. The van der Waals surface area contributed by atoms with Crippen LogP contribution < -0.4 is 0 Å². The molecule has 0 heterocycles. The summed E-state index contributed by atoms with van der Waals surface area (Å²) in [4.78, 5) is 0. The Morgan fingerprint density at radius 2 is 1.65 bits per heavy atom. The highest BCUT2D eigenvalue weighted by Crippen LogP contribution is 2.67. The zero-order chi connectivity index (χ0) is 22.6. The van der Waals surface area contributed by atoms with E-state index in [1.165, 1.54) is 57.8 Å². The molecule has 0 amide bonds. The van der Waals surface area contributed by atoms with Gasteiger partial charge in [-0.1, -0.05) is 73.0 Å². The second-order valence-corrected chi connectivity index (χ2v) is 13.3. The van der Waals surface area contributed by atoms with Crippen molar-refractivity contribution < 1.29 is 5.11 Å². The second kappa shape index (κ2) is 8.81. The van der Waals surface area contributed by atoms with Gasteiger partial charge in [0.1, 0.15) is 0 Å². The van der Waals surface area contributed by atoms with Crippen LogP contribution in [-0.2, 0) is 0 Å². The SMILES string of the molecule is CC[C@H](CC[C@@H](C)[C@H]1CC[C@H]2C3=CCC4C(C)C(O)CC[C@]4(C)[C@H]3CC[C@]12C)C(C)C. The van der Waals surface area contributed by atoms with E-state index in [0.29, 0.717) is 22.7 Å². The summed E-state index contributed by atoms with van der Waals surface area (Å²) in [5.41, 5.74) is 2.84. The molecule has 1 nitrogen and oxygen atoms in total. The van der Waals surface area contributed by atoms with Gasteiger partial charge in [0.25, 0.3) is 0 Å². The molecular weight excluding hydrogens is 376 g/mol. The first-order chi connectivity index (χ1) is 14.6. The van der Waals surface area contributed by atoms with Gasteiger partial charge in [-0.25, -0.2) is 0 Å². The van der Waals surface area contributed by atoms with Gasteiger partial charge in [0.2, 0.25) is 0 Å². The number of aliphatic hydroxyl groups excluding tert-OH is 1. The lowest BCUT2D eigenvalue weighted by Gasteiger charge is -2.59. The summed E-state index contributed by atoms with van der Waals surface area (Å²) in [5.74, 6) is 6.31. The molecular formula is C30H52O. The summed E-state index contributed by atoms with van der Waals surface area (Å²) in [6.45, 7) is 17.4. The van der Waals surface area contributed by atoms with Crippen molar-refractivity contribution in [3.63, 3.8) is 0 Å². The van der Waals surface area contributed by atoms with Crippen LogP contribution >= 0.6 is 0 Å². The van der Waals surface area contributed by atoms with E-state index in [1.807, 2.05) is 5.57 Å². The maximum atomic E-state index is 10.5. The Balaban J connectivity index is 1.50. The fraction of sp³-hybridized carbons (Fsp3) is 0.933. The van der Waals surface area contributed by atoms with Gasteiger partial charge in [-0.15, -0.1) is 0 Å². The van der Waals surface area contributed by atoms with Crippen molar-refractivity contribution in [1.82, 2.24) is 0 Å². The van der Waals surface area contributed by atoms with Crippen molar-refractivity contribution in [1.29, 1.82) is 0 Å². The van der Waals surface area contributed by atoms with Crippen LogP contribution in [0.15, 0.2) is 11.6 Å². The van der Waals surface area contributed by atoms with Crippen LogP contribution in [-0.4, -0.2) is 11.2 Å². The Kier molecular flexibility index (Phi) is 6.78. The molecule has 178 valence electrons. The van der Waals surface area contributed by atoms with Crippen LogP contribution in [0, 0.1) is 58.2 Å². The summed E-state index contributed by atoms with van der Waals surface area (Å²) in [5, 5.41) is 10.5. The minimum atomic E-state index is -0.0728. The van der Waals surface area contributed by atoms with Gasteiger partial charge < -0.3 is 5.11 Å². The van der Waals surface area contributed by atoms with Gasteiger partial charge in [0.05, 0.1) is 6.10 Å². The van der Waals surface area contributed by atoms with Crippen LogP contribution in [0.25, 0.3) is 0 Å². The predicted octanol–water partition coefficient (Wildman–Crippen LogP) is 8.27. The Bertz CT molecular complexity index is 663. The van der Waals surface area contributed by atoms with Gasteiger partial charge in [-0.2, -0.15) is 0 Å². The molecule has 1 heteroatoms. The molecule has 0 aromatic rings. The lowest BCUT2D eigenvalue weighted by Crippen LogP contribution is -2.52. The first-order valence-corrected chi connectivity index (χ1v) is 14.0. The van der Waals surface area contributed by atoms with Crippen molar-refractivity contribution in [3.05, 3.63) is 11.6 Å². The number of allylic oxidation sites excluding steroid dienone is 2. The van der Waals surface area contributed by atoms with Crippen molar-refractivity contribution >= 4 is 0 Å². The van der Waals surface area contributed by atoms with Crippen LogP contribution in [0.3, 0.4) is 0 Å². The summed E-state index contributed by atoms with van der Waals surface area (Å²) in [6.07, 6.45) is 16.1. The maximum absolute atomic E-state index is 10.5. The first-order valence-electron chi connectivity index (χ1n) is 14.0. The molecule has 4 aliphatic rings. The number of aliphatic hydroxyl groups is 1. The lowest BCUT2D eigenvalue weighted by atomic mass is 9.46. The average Bonchev–Trinajstić information content (AvgIpc) is 3.08. The smallest absolute Gasteiger partial charge is 0.0568 e. The molecule has 10 atom stereocenters. The molecule has 3 saturated carbocycles. The number of fused-ring (bicyclic) bond motifs is 5. The van der Waals surface area contributed by atoms with Crippen LogP contribution in [0.5, 0.6) is 0 Å². The third-order valence-corrected chi connectivity index (χ3v) is 11.8. The van der Waals surface area contributed by atoms with E-state index in [2.05, 4.69) is 54.5 Å². The highest BCUT2D eigenvalue weighted by molar-refractivity contribution is 5.28. The molecule has 3 fully saturated rings. The monoisotopic (exact) mass is 428 g/mol. The normalized spacial score (nSPS) is 46.7. The fourth-order valence-corrected chi connectivity index (χ4v) is 9.61. The number of hydrogen-bond acceptors (Lipinski definition) is 1. The molecule has 0 radical (unpaired) electrons. The topological polar surface area (TPSA) is 20.2 Å². The van der Waals surface area contributed by atoms with Gasteiger partial charge in [0, 0.05) is 0 Å². The molecule has 0 spiro atoms. The molecule has 0 aromatic carbocycles. The Morgan fingerprint density at radius 3 is 2.32 bits per heavy atom. The third kappa shape index (κ3) is 3.87. The highest BCUT2D eigenvalue weighted by Gasteiger charge is 2.59. The Hall–Kier alpha value is -0.300. The van der Waals surface area contributed by atoms with Crippen molar-refractivity contribution in [2.45, 2.75) is 119 Å². The van der Waals surface area contributed by atoms with E-state index in [4.69, 9.17) is 0 Å². The molecule has 1 N–H and O–H groups in total. The van der Waals surface area contributed by atoms with E-state index in [9.17, 15) is 5.11 Å². The van der Waals surface area contributed by atoms with Crippen LogP contribution in [0.1, 0.15) is 113 Å². The largest absolute Gasteiger partial charge is 0.393 e. The Labute approximate surface area is 193 Å². The summed E-state index contributed by atoms with van der Waals surface area (Å²) < 4.78 is 0. The molecule has 0 aliphatic heterocycles. The molecule has 3 unspecified atom stereocenters. The van der Waals surface area contributed by atoms with E-state index in [0.717, 1.165) is 41.9 Å². The molecule has 0 aromatic heterocycles. The van der Waals surface area contributed by atoms with Crippen LogP contribution in [0.2, 0.25) is 0 Å². The van der Waals surface area contributed by atoms with E-state index < -0.39 is 0 Å². The molecule has 0 bridgehead atoms. The number of hydrogen-bond donors (Lipinski definition) is 1. The molecule has 31 heavy (non-hydrogen) atoms. The van der Waals surface area contributed by atoms with Crippen molar-refractivity contribution in [2.75, 3.05) is 0 Å². The van der Waals surface area contributed by atoms with Crippen LogP contribution in [0.4, 0.5) is 0 Å². The van der Waals surface area contributed by atoms with Gasteiger partial charge in [0.15, 0.2) is 0 Å². The minimum absolute atomic E-state index is 0.0728. The van der Waals surface area contributed by atoms with Gasteiger partial charge in [-0.05, 0) is 110 Å². The van der Waals surface area contributed by atoms with Crippen molar-refractivity contribution in [3.8, 4) is 0 Å². The lowest BCUT2D eigenvalue weighted by molar-refractivity contribution is -0.0774. The third-order valence-electron chi connectivity index (χ3n) is 11.8. The van der Waals surface area contributed by atoms with E-state index in [-0.39, 0.29) is 6.10 Å². The quantitative estimate of drug-likeness (QED) is 0.422.